The summed E-state index contributed by atoms with van der Waals surface area (Å²) < 4.78 is 4.65. The first kappa shape index (κ1) is 13.6. The Labute approximate surface area is 103 Å². The molecule has 0 aromatic heterocycles. The van der Waals surface area contributed by atoms with E-state index in [1.807, 2.05) is 0 Å². The minimum absolute atomic E-state index is 0.160. The maximum atomic E-state index is 11.2. The summed E-state index contributed by atoms with van der Waals surface area (Å²) in [6, 6.07) is 8.33. The van der Waals surface area contributed by atoms with Crippen LogP contribution in [0.1, 0.15) is 31.9 Å². The maximum absolute atomic E-state index is 11.2. The molecule has 0 aliphatic heterocycles. The molecule has 3 nitrogen and oxygen atoms in total. The number of hydrogen-bond donors (Lipinski definition) is 0. The first-order valence-corrected chi connectivity index (χ1v) is 5.73. The lowest BCUT2D eigenvalue weighted by Crippen LogP contribution is -2.25. The summed E-state index contributed by atoms with van der Waals surface area (Å²) >= 11 is 0. The molecule has 0 unspecified atom stereocenters. The third-order valence-corrected chi connectivity index (χ3v) is 2.73. The van der Waals surface area contributed by atoms with Gasteiger partial charge >= 0.3 is 6.09 Å². The van der Waals surface area contributed by atoms with Crippen molar-refractivity contribution in [1.82, 2.24) is 4.90 Å². The van der Waals surface area contributed by atoms with Crippen LogP contribution in [-0.2, 0) is 16.7 Å². The lowest BCUT2D eigenvalue weighted by molar-refractivity contribution is 0.131. The third-order valence-electron chi connectivity index (χ3n) is 2.73. The van der Waals surface area contributed by atoms with Gasteiger partial charge in [0.15, 0.2) is 0 Å². The van der Waals surface area contributed by atoms with Gasteiger partial charge in [0.2, 0.25) is 0 Å². The zero-order valence-corrected chi connectivity index (χ0v) is 11.3. The SMILES string of the molecule is COC(=O)N(C)Cc1ccc(C(C)(C)C)cc1. The summed E-state index contributed by atoms with van der Waals surface area (Å²) in [5.41, 5.74) is 2.56. The summed E-state index contributed by atoms with van der Waals surface area (Å²) in [5, 5.41) is 0. The largest absolute Gasteiger partial charge is 0.453 e. The summed E-state index contributed by atoms with van der Waals surface area (Å²) in [6.45, 7) is 7.12. The van der Waals surface area contributed by atoms with E-state index >= 15 is 0 Å². The van der Waals surface area contributed by atoms with Crippen LogP contribution in [0.3, 0.4) is 0 Å². The van der Waals surface area contributed by atoms with Crippen molar-refractivity contribution in [2.45, 2.75) is 32.7 Å². The van der Waals surface area contributed by atoms with Crippen molar-refractivity contribution in [2.75, 3.05) is 14.2 Å². The molecule has 0 aliphatic carbocycles. The molecule has 1 aromatic rings. The molecule has 0 fully saturated rings. The van der Waals surface area contributed by atoms with Gasteiger partial charge in [0.25, 0.3) is 0 Å². The number of nitrogens with zero attached hydrogens (tertiary/aromatic N) is 1. The first-order valence-electron chi connectivity index (χ1n) is 5.73. The number of ether oxygens (including phenoxy) is 1. The number of benzene rings is 1. The molecule has 1 aromatic carbocycles. The Morgan fingerprint density at radius 1 is 1.24 bits per heavy atom. The van der Waals surface area contributed by atoms with Gasteiger partial charge in [-0.25, -0.2) is 4.79 Å². The third kappa shape index (κ3) is 3.77. The van der Waals surface area contributed by atoms with Crippen LogP contribution in [-0.4, -0.2) is 25.2 Å². The Balaban J connectivity index is 2.72. The second kappa shape index (κ2) is 5.21. The minimum Gasteiger partial charge on any atom is -0.453 e. The number of rotatable bonds is 2. The van der Waals surface area contributed by atoms with Crippen LogP contribution in [0.25, 0.3) is 0 Å². The van der Waals surface area contributed by atoms with Crippen molar-refractivity contribution < 1.29 is 9.53 Å². The molecule has 0 radical (unpaired) electrons. The zero-order chi connectivity index (χ0) is 13.1. The molecule has 0 saturated carbocycles. The highest BCUT2D eigenvalue weighted by Crippen LogP contribution is 2.22. The molecule has 0 bridgehead atoms. The highest BCUT2D eigenvalue weighted by atomic mass is 16.5. The molecule has 94 valence electrons. The Morgan fingerprint density at radius 2 is 1.76 bits per heavy atom. The molecule has 0 spiro atoms. The molecular formula is C14H21NO2. The van der Waals surface area contributed by atoms with Crippen molar-refractivity contribution in [1.29, 1.82) is 0 Å². The summed E-state index contributed by atoms with van der Waals surface area (Å²) in [7, 11) is 3.12. The zero-order valence-electron chi connectivity index (χ0n) is 11.3. The van der Waals surface area contributed by atoms with Gasteiger partial charge in [-0.05, 0) is 16.5 Å². The average molecular weight is 235 g/mol. The topological polar surface area (TPSA) is 29.5 Å². The van der Waals surface area contributed by atoms with Gasteiger partial charge in [-0.1, -0.05) is 45.0 Å². The van der Waals surface area contributed by atoms with Crippen LogP contribution in [0.15, 0.2) is 24.3 Å². The second-order valence-corrected chi connectivity index (χ2v) is 5.27. The predicted molar refractivity (Wildman–Crippen MR) is 69.0 cm³/mol. The Morgan fingerprint density at radius 3 is 2.18 bits per heavy atom. The van der Waals surface area contributed by atoms with E-state index < -0.39 is 0 Å². The Bertz CT molecular complexity index is 376. The number of methoxy groups -OCH3 is 1. The second-order valence-electron chi connectivity index (χ2n) is 5.27. The van der Waals surface area contributed by atoms with E-state index in [2.05, 4.69) is 49.8 Å². The van der Waals surface area contributed by atoms with E-state index in [-0.39, 0.29) is 11.5 Å². The van der Waals surface area contributed by atoms with Gasteiger partial charge in [-0.2, -0.15) is 0 Å². The van der Waals surface area contributed by atoms with E-state index in [0.29, 0.717) is 6.54 Å². The summed E-state index contributed by atoms with van der Waals surface area (Å²) in [4.78, 5) is 12.8. The van der Waals surface area contributed by atoms with Gasteiger partial charge in [0.1, 0.15) is 0 Å². The molecule has 1 rings (SSSR count). The fourth-order valence-electron chi connectivity index (χ4n) is 1.60. The molecule has 17 heavy (non-hydrogen) atoms. The number of carbonyl (C=O) groups is 1. The quantitative estimate of drug-likeness (QED) is 0.788. The molecule has 0 saturated heterocycles. The molecule has 0 aliphatic rings. The van der Waals surface area contributed by atoms with Crippen LogP contribution in [0.2, 0.25) is 0 Å². The monoisotopic (exact) mass is 235 g/mol. The number of carbonyl (C=O) groups excluding carboxylic acids is 1. The van der Waals surface area contributed by atoms with Crippen LogP contribution >= 0.6 is 0 Å². The normalized spacial score (nSPS) is 11.1. The van der Waals surface area contributed by atoms with E-state index in [4.69, 9.17) is 0 Å². The van der Waals surface area contributed by atoms with Gasteiger partial charge in [0.05, 0.1) is 7.11 Å². The van der Waals surface area contributed by atoms with Crippen molar-refractivity contribution >= 4 is 6.09 Å². The highest BCUT2D eigenvalue weighted by molar-refractivity contribution is 5.66. The lowest BCUT2D eigenvalue weighted by atomic mass is 9.87. The summed E-state index contributed by atoms with van der Waals surface area (Å²) in [6.07, 6.45) is -0.315. The first-order chi connectivity index (χ1) is 7.84. The predicted octanol–water partition coefficient (Wildman–Crippen LogP) is 3.18. The Kier molecular flexibility index (Phi) is 4.16. The average Bonchev–Trinajstić information content (AvgIpc) is 2.27. The standard InChI is InChI=1S/C14H21NO2/c1-14(2,3)12-8-6-11(7-9-12)10-15(4)13(16)17-5/h6-9H,10H2,1-5H3. The van der Waals surface area contributed by atoms with Gasteiger partial charge in [-0.15, -0.1) is 0 Å². The van der Waals surface area contributed by atoms with Crippen LogP contribution in [0, 0.1) is 0 Å². The summed E-state index contributed by atoms with van der Waals surface area (Å²) in [5.74, 6) is 0. The molecule has 0 N–H and O–H groups in total. The molecule has 0 heterocycles. The lowest BCUT2D eigenvalue weighted by Gasteiger charge is -2.20. The van der Waals surface area contributed by atoms with Crippen LogP contribution in [0.4, 0.5) is 4.79 Å². The number of hydrogen-bond acceptors (Lipinski definition) is 2. The van der Waals surface area contributed by atoms with E-state index in [9.17, 15) is 4.79 Å². The fraction of sp³-hybridized carbons (Fsp3) is 0.500. The molecular weight excluding hydrogens is 214 g/mol. The van der Waals surface area contributed by atoms with Crippen molar-refractivity contribution in [3.05, 3.63) is 35.4 Å². The molecule has 3 heteroatoms. The van der Waals surface area contributed by atoms with Gasteiger partial charge < -0.3 is 9.64 Å². The van der Waals surface area contributed by atoms with Crippen molar-refractivity contribution in [2.24, 2.45) is 0 Å². The van der Waals surface area contributed by atoms with E-state index in [0.717, 1.165) is 5.56 Å². The van der Waals surface area contributed by atoms with Crippen LogP contribution < -0.4 is 0 Å². The van der Waals surface area contributed by atoms with Crippen molar-refractivity contribution in [3.8, 4) is 0 Å². The van der Waals surface area contributed by atoms with Crippen LogP contribution in [0.5, 0.6) is 0 Å². The smallest absolute Gasteiger partial charge is 0.409 e. The molecule has 0 atom stereocenters. The van der Waals surface area contributed by atoms with Crippen molar-refractivity contribution in [3.63, 3.8) is 0 Å². The highest BCUT2D eigenvalue weighted by Gasteiger charge is 2.13. The van der Waals surface area contributed by atoms with Gasteiger partial charge in [0, 0.05) is 13.6 Å². The van der Waals surface area contributed by atoms with E-state index in [1.165, 1.54) is 12.7 Å². The van der Waals surface area contributed by atoms with Gasteiger partial charge in [-0.3, -0.25) is 0 Å². The minimum atomic E-state index is -0.315. The maximum Gasteiger partial charge on any atom is 0.409 e. The Hall–Kier alpha value is -1.51. The fourth-order valence-corrected chi connectivity index (χ4v) is 1.60. The van der Waals surface area contributed by atoms with E-state index in [1.54, 1.807) is 11.9 Å². The molecule has 1 amide bonds. The number of amides is 1.